The number of anilines is 1. The topological polar surface area (TPSA) is 32.3 Å². The largest absolute Gasteiger partial charge is 0.506 e. The summed E-state index contributed by atoms with van der Waals surface area (Å²) in [5.41, 5.74) is 3.05. The minimum Gasteiger partial charge on any atom is -0.506 e. The first-order chi connectivity index (χ1) is 10.6. The lowest BCUT2D eigenvalue weighted by Gasteiger charge is -2.37. The second-order valence-corrected chi connectivity index (χ2v) is 6.79. The highest BCUT2D eigenvalue weighted by Gasteiger charge is 2.39. The number of allylic oxidation sites excluding steroid dienone is 2. The van der Waals surface area contributed by atoms with Gasteiger partial charge < -0.3 is 10.4 Å². The molecule has 0 bridgehead atoms. The highest BCUT2D eigenvalue weighted by molar-refractivity contribution is 6.31. The van der Waals surface area contributed by atoms with Crippen molar-refractivity contribution in [3.05, 3.63) is 69.7 Å². The molecule has 4 rings (SSSR count). The van der Waals surface area contributed by atoms with Gasteiger partial charge in [0.2, 0.25) is 0 Å². The van der Waals surface area contributed by atoms with E-state index >= 15 is 0 Å². The van der Waals surface area contributed by atoms with Crippen LogP contribution >= 0.6 is 23.2 Å². The molecule has 0 saturated heterocycles. The Bertz CT molecular complexity index is 754. The summed E-state index contributed by atoms with van der Waals surface area (Å²) in [4.78, 5) is 0. The average Bonchev–Trinajstić information content (AvgIpc) is 2.97. The van der Waals surface area contributed by atoms with Crippen molar-refractivity contribution in [2.45, 2.75) is 18.4 Å². The smallest absolute Gasteiger partial charge is 0.140 e. The summed E-state index contributed by atoms with van der Waals surface area (Å²) in [7, 11) is 0. The van der Waals surface area contributed by atoms with E-state index in [9.17, 15) is 5.11 Å². The number of benzene rings is 2. The van der Waals surface area contributed by atoms with E-state index in [4.69, 9.17) is 23.2 Å². The Labute approximate surface area is 139 Å². The standard InChI is InChI=1S/C18H15Cl2NO/c19-11-6-4-10(5-7-11)17-14-3-1-2-13(14)15-8-12(20)9-16(22)18(15)21-17/h1-2,4-9,13-14,17,21-22H,3H2. The van der Waals surface area contributed by atoms with E-state index in [1.54, 1.807) is 6.07 Å². The highest BCUT2D eigenvalue weighted by Crippen LogP contribution is 2.52. The van der Waals surface area contributed by atoms with Gasteiger partial charge in [-0.3, -0.25) is 0 Å². The molecule has 22 heavy (non-hydrogen) atoms. The van der Waals surface area contributed by atoms with Crippen LogP contribution in [0.2, 0.25) is 10.0 Å². The van der Waals surface area contributed by atoms with Crippen LogP contribution in [0.5, 0.6) is 5.75 Å². The maximum atomic E-state index is 10.3. The number of phenols is 1. The molecular formula is C18H15Cl2NO. The van der Waals surface area contributed by atoms with Gasteiger partial charge in [-0.2, -0.15) is 0 Å². The van der Waals surface area contributed by atoms with Gasteiger partial charge in [0.25, 0.3) is 0 Å². The lowest BCUT2D eigenvalue weighted by atomic mass is 9.77. The third-order valence-corrected chi connectivity index (χ3v) is 5.11. The molecule has 0 aromatic heterocycles. The van der Waals surface area contributed by atoms with E-state index in [-0.39, 0.29) is 17.7 Å². The molecule has 1 aliphatic heterocycles. The van der Waals surface area contributed by atoms with E-state index in [2.05, 4.69) is 17.5 Å². The quantitative estimate of drug-likeness (QED) is 0.532. The van der Waals surface area contributed by atoms with Crippen molar-refractivity contribution in [1.29, 1.82) is 0 Å². The molecular weight excluding hydrogens is 317 g/mol. The monoisotopic (exact) mass is 331 g/mol. The molecule has 4 heteroatoms. The summed E-state index contributed by atoms with van der Waals surface area (Å²) in [6.45, 7) is 0. The van der Waals surface area contributed by atoms with Crippen LogP contribution in [-0.4, -0.2) is 5.11 Å². The van der Waals surface area contributed by atoms with Gasteiger partial charge in [-0.25, -0.2) is 0 Å². The molecule has 2 aliphatic rings. The Balaban J connectivity index is 1.82. The summed E-state index contributed by atoms with van der Waals surface area (Å²) < 4.78 is 0. The number of nitrogens with one attached hydrogen (secondary N) is 1. The van der Waals surface area contributed by atoms with Gasteiger partial charge in [-0.05, 0) is 41.7 Å². The third-order valence-electron chi connectivity index (χ3n) is 4.64. The van der Waals surface area contributed by atoms with Gasteiger partial charge in [-0.15, -0.1) is 0 Å². The lowest BCUT2D eigenvalue weighted by Crippen LogP contribution is -2.29. The third kappa shape index (κ3) is 2.18. The Hall–Kier alpha value is -1.64. The molecule has 2 N–H and O–H groups in total. The van der Waals surface area contributed by atoms with Crippen LogP contribution in [0.1, 0.15) is 29.5 Å². The molecule has 1 heterocycles. The summed E-state index contributed by atoms with van der Waals surface area (Å²) in [5.74, 6) is 0.910. The number of hydrogen-bond acceptors (Lipinski definition) is 2. The van der Waals surface area contributed by atoms with Crippen LogP contribution in [0.3, 0.4) is 0 Å². The van der Waals surface area contributed by atoms with Crippen LogP contribution in [0.25, 0.3) is 0 Å². The first kappa shape index (κ1) is 14.0. The average molecular weight is 332 g/mol. The normalized spacial score (nSPS) is 25.5. The minimum absolute atomic E-state index is 0.150. The first-order valence-corrected chi connectivity index (χ1v) is 8.10. The summed E-state index contributed by atoms with van der Waals surface area (Å²) >= 11 is 12.1. The number of hydrogen-bond donors (Lipinski definition) is 2. The molecule has 0 fully saturated rings. The van der Waals surface area contributed by atoms with Crippen LogP contribution in [0.15, 0.2) is 48.6 Å². The van der Waals surface area contributed by atoms with Crippen molar-refractivity contribution in [2.24, 2.45) is 5.92 Å². The molecule has 0 saturated carbocycles. The van der Waals surface area contributed by atoms with Gasteiger partial charge >= 0.3 is 0 Å². The van der Waals surface area contributed by atoms with Gasteiger partial charge in [0, 0.05) is 22.0 Å². The van der Waals surface area contributed by atoms with Crippen LogP contribution in [-0.2, 0) is 0 Å². The maximum absolute atomic E-state index is 10.3. The van der Waals surface area contributed by atoms with Gasteiger partial charge in [0.05, 0.1) is 11.7 Å². The van der Waals surface area contributed by atoms with Gasteiger partial charge in [0.1, 0.15) is 5.75 Å². The van der Waals surface area contributed by atoms with Crippen LogP contribution in [0.4, 0.5) is 5.69 Å². The molecule has 2 aromatic carbocycles. The Morgan fingerprint density at radius 2 is 1.82 bits per heavy atom. The van der Waals surface area contributed by atoms with Crippen molar-refractivity contribution in [1.82, 2.24) is 0 Å². The Kier molecular flexibility index (Phi) is 3.32. The van der Waals surface area contributed by atoms with E-state index in [1.807, 2.05) is 30.3 Å². The number of halogens is 2. The van der Waals surface area contributed by atoms with Gasteiger partial charge in [0.15, 0.2) is 0 Å². The Morgan fingerprint density at radius 1 is 1.05 bits per heavy atom. The molecule has 0 amide bonds. The van der Waals surface area contributed by atoms with E-state index < -0.39 is 0 Å². The fraction of sp³-hybridized carbons (Fsp3) is 0.222. The zero-order valence-electron chi connectivity index (χ0n) is 11.8. The number of aromatic hydroxyl groups is 1. The zero-order valence-corrected chi connectivity index (χ0v) is 13.3. The predicted octanol–water partition coefficient (Wildman–Crippen LogP) is 5.53. The van der Waals surface area contributed by atoms with Crippen molar-refractivity contribution in [2.75, 3.05) is 5.32 Å². The second-order valence-electron chi connectivity index (χ2n) is 5.92. The number of phenolic OH excluding ortho intramolecular Hbond substituents is 1. The van der Waals surface area contributed by atoms with Crippen molar-refractivity contribution < 1.29 is 5.11 Å². The first-order valence-electron chi connectivity index (χ1n) is 7.34. The summed E-state index contributed by atoms with van der Waals surface area (Å²) in [5, 5.41) is 15.1. The SMILES string of the molecule is Oc1cc(Cl)cc2c1NC(c1ccc(Cl)cc1)C1CC=CC21. The van der Waals surface area contributed by atoms with E-state index in [0.29, 0.717) is 10.9 Å². The number of fused-ring (bicyclic) bond motifs is 3. The summed E-state index contributed by atoms with van der Waals surface area (Å²) in [6, 6.07) is 11.6. The lowest BCUT2D eigenvalue weighted by molar-refractivity contribution is 0.415. The fourth-order valence-electron chi connectivity index (χ4n) is 3.65. The van der Waals surface area contributed by atoms with Gasteiger partial charge in [-0.1, -0.05) is 47.5 Å². The summed E-state index contributed by atoms with van der Waals surface area (Å²) in [6.07, 6.45) is 5.45. The molecule has 1 aliphatic carbocycles. The fourth-order valence-corrected chi connectivity index (χ4v) is 3.99. The second kappa shape index (κ2) is 5.22. The molecule has 2 aromatic rings. The minimum atomic E-state index is 0.150. The maximum Gasteiger partial charge on any atom is 0.140 e. The Morgan fingerprint density at radius 3 is 2.59 bits per heavy atom. The molecule has 112 valence electrons. The highest BCUT2D eigenvalue weighted by atomic mass is 35.5. The van der Waals surface area contributed by atoms with E-state index in [1.165, 1.54) is 5.56 Å². The molecule has 3 atom stereocenters. The van der Waals surface area contributed by atoms with Crippen LogP contribution < -0.4 is 5.32 Å². The molecule has 3 unspecified atom stereocenters. The van der Waals surface area contributed by atoms with E-state index in [0.717, 1.165) is 22.7 Å². The van der Waals surface area contributed by atoms with Crippen LogP contribution in [0, 0.1) is 5.92 Å². The van der Waals surface area contributed by atoms with Crippen molar-refractivity contribution >= 4 is 28.9 Å². The molecule has 2 nitrogen and oxygen atoms in total. The number of rotatable bonds is 1. The molecule has 0 radical (unpaired) electrons. The predicted molar refractivity (Wildman–Crippen MR) is 90.9 cm³/mol. The zero-order chi connectivity index (χ0) is 15.3. The van der Waals surface area contributed by atoms with Crippen molar-refractivity contribution in [3.8, 4) is 5.75 Å². The molecule has 0 spiro atoms. The van der Waals surface area contributed by atoms with Crippen molar-refractivity contribution in [3.63, 3.8) is 0 Å².